The highest BCUT2D eigenvalue weighted by molar-refractivity contribution is 5.72. The Balaban J connectivity index is 1.71. The van der Waals surface area contributed by atoms with Crippen molar-refractivity contribution in [3.05, 3.63) is 48.2 Å². The van der Waals surface area contributed by atoms with E-state index in [0.29, 0.717) is 6.54 Å². The van der Waals surface area contributed by atoms with Crippen molar-refractivity contribution in [2.24, 2.45) is 0 Å². The van der Waals surface area contributed by atoms with Gasteiger partial charge in [0.15, 0.2) is 11.5 Å². The lowest BCUT2D eigenvalue weighted by Crippen LogP contribution is -2.11. The highest BCUT2D eigenvalue weighted by Gasteiger charge is 2.13. The molecule has 0 fully saturated rings. The van der Waals surface area contributed by atoms with E-state index in [1.807, 2.05) is 37.3 Å². The summed E-state index contributed by atoms with van der Waals surface area (Å²) < 4.78 is 5.76. The van der Waals surface area contributed by atoms with Gasteiger partial charge in [0.25, 0.3) is 0 Å². The Labute approximate surface area is 117 Å². The van der Waals surface area contributed by atoms with E-state index in [2.05, 4.69) is 27.2 Å². The zero-order valence-electron chi connectivity index (χ0n) is 11.5. The molecule has 0 amide bonds. The van der Waals surface area contributed by atoms with Crippen molar-refractivity contribution in [1.82, 2.24) is 15.0 Å². The molecular weight excluding hydrogens is 252 g/mol. The lowest BCUT2D eigenvalue weighted by Gasteiger charge is -2.09. The highest BCUT2D eigenvalue weighted by Crippen LogP contribution is 2.21. The Bertz CT molecular complexity index is 689. The van der Waals surface area contributed by atoms with Gasteiger partial charge in [-0.05, 0) is 19.1 Å². The van der Waals surface area contributed by atoms with Crippen LogP contribution >= 0.6 is 0 Å². The first-order valence-electron chi connectivity index (χ1n) is 6.60. The third kappa shape index (κ3) is 2.61. The predicted molar refractivity (Wildman–Crippen MR) is 77.7 cm³/mol. The van der Waals surface area contributed by atoms with E-state index in [1.54, 1.807) is 6.33 Å². The fraction of sp³-hybridized carbons (Fsp3) is 0.267. The molecule has 0 spiro atoms. The van der Waals surface area contributed by atoms with Gasteiger partial charge in [-0.2, -0.15) is 0 Å². The first kappa shape index (κ1) is 12.6. The zero-order chi connectivity index (χ0) is 13.9. The smallest absolute Gasteiger partial charge is 0.200 e. The first-order chi connectivity index (χ1) is 9.72. The molecule has 2 heterocycles. The number of anilines is 1. The molecule has 5 heteroatoms. The third-order valence-corrected chi connectivity index (χ3v) is 3.13. The van der Waals surface area contributed by atoms with E-state index < -0.39 is 0 Å². The van der Waals surface area contributed by atoms with Crippen LogP contribution in [0.15, 0.2) is 41.1 Å². The van der Waals surface area contributed by atoms with Gasteiger partial charge in [-0.3, -0.25) is 0 Å². The molecule has 3 aromatic rings. The van der Waals surface area contributed by atoms with Crippen LogP contribution in [0, 0.1) is 6.92 Å². The fourth-order valence-corrected chi connectivity index (χ4v) is 2.00. The predicted octanol–water partition coefficient (Wildman–Crippen LogP) is 3.14. The van der Waals surface area contributed by atoms with Crippen LogP contribution in [0.1, 0.15) is 24.4 Å². The molecule has 5 nitrogen and oxygen atoms in total. The van der Waals surface area contributed by atoms with Crippen molar-refractivity contribution < 1.29 is 4.42 Å². The minimum atomic E-state index is 0.165. The van der Waals surface area contributed by atoms with Crippen molar-refractivity contribution >= 4 is 16.9 Å². The van der Waals surface area contributed by atoms with E-state index in [0.717, 1.165) is 28.5 Å². The number of nitrogens with zero attached hydrogens (tertiary/aromatic N) is 3. The molecule has 0 aliphatic heterocycles. The van der Waals surface area contributed by atoms with Crippen LogP contribution in [-0.4, -0.2) is 21.5 Å². The molecule has 2 aromatic heterocycles. The fourth-order valence-electron chi connectivity index (χ4n) is 2.00. The van der Waals surface area contributed by atoms with Crippen LogP contribution in [0.5, 0.6) is 0 Å². The summed E-state index contributed by atoms with van der Waals surface area (Å²) in [4.78, 5) is 12.7. The van der Waals surface area contributed by atoms with Crippen molar-refractivity contribution in [1.29, 1.82) is 0 Å². The molecule has 0 saturated carbocycles. The number of fused-ring (bicyclic) bond motifs is 1. The molecule has 1 unspecified atom stereocenters. The van der Waals surface area contributed by atoms with E-state index in [4.69, 9.17) is 4.42 Å². The van der Waals surface area contributed by atoms with Gasteiger partial charge in [0, 0.05) is 18.3 Å². The Morgan fingerprint density at radius 1 is 1.25 bits per heavy atom. The second kappa shape index (κ2) is 5.28. The molecule has 20 heavy (non-hydrogen) atoms. The molecule has 0 aliphatic rings. The standard InChI is InChI=1S/C15H16N4O/c1-10(8-16-14-7-11(2)17-9-18-14)15-19-12-5-3-4-6-13(12)20-15/h3-7,9-10H,8H2,1-2H3,(H,16,17,18). The summed E-state index contributed by atoms with van der Waals surface area (Å²) in [6.07, 6.45) is 1.56. The van der Waals surface area contributed by atoms with Gasteiger partial charge in [-0.25, -0.2) is 15.0 Å². The number of rotatable bonds is 4. The van der Waals surface area contributed by atoms with Crippen LogP contribution in [0.3, 0.4) is 0 Å². The maximum absolute atomic E-state index is 5.76. The number of para-hydroxylation sites is 2. The SMILES string of the molecule is Cc1cc(NCC(C)c2nc3ccccc3o2)ncn1. The van der Waals surface area contributed by atoms with E-state index in [1.165, 1.54) is 0 Å². The molecule has 0 bridgehead atoms. The zero-order valence-corrected chi connectivity index (χ0v) is 11.5. The summed E-state index contributed by atoms with van der Waals surface area (Å²) >= 11 is 0. The van der Waals surface area contributed by atoms with Crippen molar-refractivity contribution in [2.75, 3.05) is 11.9 Å². The van der Waals surface area contributed by atoms with Crippen LogP contribution in [0.25, 0.3) is 11.1 Å². The monoisotopic (exact) mass is 268 g/mol. The maximum Gasteiger partial charge on any atom is 0.200 e. The number of aryl methyl sites for hydroxylation is 1. The molecule has 1 atom stereocenters. The number of nitrogens with one attached hydrogen (secondary N) is 1. The summed E-state index contributed by atoms with van der Waals surface area (Å²) in [5.74, 6) is 1.72. The van der Waals surface area contributed by atoms with Crippen molar-refractivity contribution in [3.8, 4) is 0 Å². The highest BCUT2D eigenvalue weighted by atomic mass is 16.3. The topological polar surface area (TPSA) is 63.8 Å². The number of benzene rings is 1. The Kier molecular flexibility index (Phi) is 3.33. The van der Waals surface area contributed by atoms with Gasteiger partial charge in [0.05, 0.1) is 5.92 Å². The Morgan fingerprint density at radius 2 is 2.10 bits per heavy atom. The van der Waals surface area contributed by atoms with Gasteiger partial charge in [-0.15, -0.1) is 0 Å². The summed E-state index contributed by atoms with van der Waals surface area (Å²) in [5, 5.41) is 3.28. The van der Waals surface area contributed by atoms with Crippen LogP contribution in [-0.2, 0) is 0 Å². The van der Waals surface area contributed by atoms with E-state index >= 15 is 0 Å². The van der Waals surface area contributed by atoms with E-state index in [-0.39, 0.29) is 5.92 Å². The lowest BCUT2D eigenvalue weighted by molar-refractivity contribution is 0.494. The largest absolute Gasteiger partial charge is 0.440 e. The second-order valence-electron chi connectivity index (χ2n) is 4.85. The summed E-state index contributed by atoms with van der Waals surface area (Å²) in [6, 6.07) is 9.71. The van der Waals surface area contributed by atoms with Crippen LogP contribution in [0.4, 0.5) is 5.82 Å². The normalized spacial score (nSPS) is 12.5. The molecule has 0 radical (unpaired) electrons. The van der Waals surface area contributed by atoms with E-state index in [9.17, 15) is 0 Å². The number of aromatic nitrogens is 3. The maximum atomic E-state index is 5.76. The minimum absolute atomic E-state index is 0.165. The molecular formula is C15H16N4O. The molecule has 0 saturated heterocycles. The summed E-state index contributed by atoms with van der Waals surface area (Å²) in [6.45, 7) is 4.73. The number of hydrogen-bond donors (Lipinski definition) is 1. The third-order valence-electron chi connectivity index (χ3n) is 3.13. The quantitative estimate of drug-likeness (QED) is 0.787. The summed E-state index contributed by atoms with van der Waals surface area (Å²) in [5.41, 5.74) is 2.66. The minimum Gasteiger partial charge on any atom is -0.440 e. The first-order valence-corrected chi connectivity index (χ1v) is 6.60. The second-order valence-corrected chi connectivity index (χ2v) is 4.85. The summed E-state index contributed by atoms with van der Waals surface area (Å²) in [7, 11) is 0. The average molecular weight is 268 g/mol. The molecule has 1 N–H and O–H groups in total. The van der Waals surface area contributed by atoms with Crippen LogP contribution in [0.2, 0.25) is 0 Å². The van der Waals surface area contributed by atoms with Gasteiger partial charge in [-0.1, -0.05) is 19.1 Å². The van der Waals surface area contributed by atoms with Gasteiger partial charge in [0.2, 0.25) is 0 Å². The van der Waals surface area contributed by atoms with Gasteiger partial charge in [0.1, 0.15) is 17.7 Å². The van der Waals surface area contributed by atoms with Gasteiger partial charge < -0.3 is 9.73 Å². The van der Waals surface area contributed by atoms with Crippen molar-refractivity contribution in [2.45, 2.75) is 19.8 Å². The molecule has 0 aliphatic carbocycles. The lowest BCUT2D eigenvalue weighted by atomic mass is 10.2. The van der Waals surface area contributed by atoms with Crippen LogP contribution < -0.4 is 5.32 Å². The average Bonchev–Trinajstić information content (AvgIpc) is 2.89. The van der Waals surface area contributed by atoms with Gasteiger partial charge >= 0.3 is 0 Å². The number of oxazole rings is 1. The van der Waals surface area contributed by atoms with Crippen molar-refractivity contribution in [3.63, 3.8) is 0 Å². The Morgan fingerprint density at radius 3 is 2.90 bits per heavy atom. The molecule has 102 valence electrons. The molecule has 1 aromatic carbocycles. The molecule has 3 rings (SSSR count). The Hall–Kier alpha value is -2.43. The number of hydrogen-bond acceptors (Lipinski definition) is 5.